The quantitative estimate of drug-likeness (QED) is 0.612. The number of rotatable bonds is 4. The van der Waals surface area contributed by atoms with E-state index in [2.05, 4.69) is 5.32 Å². The first-order valence-electron chi connectivity index (χ1n) is 6.80. The number of anilines is 1. The Hall–Kier alpha value is -2.25. The van der Waals surface area contributed by atoms with Gasteiger partial charge < -0.3 is 10.1 Å². The normalized spacial score (nSPS) is 11.8. The maximum atomic E-state index is 13.2. The molecular weight excluding hydrogens is 382 g/mol. The average molecular weight is 392 g/mol. The molecule has 2 aromatic rings. The zero-order chi connectivity index (χ0) is 18.7. The second kappa shape index (κ2) is 7.76. The predicted molar refractivity (Wildman–Crippen MR) is 86.3 cm³/mol. The van der Waals surface area contributed by atoms with Gasteiger partial charge in [0.25, 0.3) is 5.91 Å². The van der Waals surface area contributed by atoms with E-state index in [4.69, 9.17) is 27.9 Å². The van der Waals surface area contributed by atoms with E-state index in [1.807, 2.05) is 0 Å². The van der Waals surface area contributed by atoms with Crippen LogP contribution in [0, 0.1) is 17.5 Å². The molecule has 0 aliphatic carbocycles. The van der Waals surface area contributed by atoms with E-state index in [0.29, 0.717) is 12.1 Å². The highest BCUT2D eigenvalue weighted by Crippen LogP contribution is 2.24. The van der Waals surface area contributed by atoms with Crippen LogP contribution in [0.5, 0.6) is 0 Å². The lowest BCUT2D eigenvalue weighted by Crippen LogP contribution is -2.30. The number of ether oxygens (including phenoxy) is 1. The molecule has 1 amide bonds. The van der Waals surface area contributed by atoms with E-state index in [-0.39, 0.29) is 15.7 Å². The Morgan fingerprint density at radius 3 is 2.32 bits per heavy atom. The van der Waals surface area contributed by atoms with Gasteiger partial charge in [-0.05, 0) is 37.3 Å². The zero-order valence-electron chi connectivity index (χ0n) is 12.6. The lowest BCUT2D eigenvalue weighted by Gasteiger charge is -2.15. The van der Waals surface area contributed by atoms with Crippen molar-refractivity contribution in [2.24, 2.45) is 0 Å². The summed E-state index contributed by atoms with van der Waals surface area (Å²) in [6.45, 7) is 1.25. The highest BCUT2D eigenvalue weighted by molar-refractivity contribution is 6.34. The molecule has 4 nitrogen and oxygen atoms in total. The highest BCUT2D eigenvalue weighted by atomic mass is 35.5. The molecule has 0 aromatic heterocycles. The van der Waals surface area contributed by atoms with Crippen molar-refractivity contribution < 1.29 is 27.5 Å². The van der Waals surface area contributed by atoms with Gasteiger partial charge in [0.15, 0.2) is 17.7 Å². The van der Waals surface area contributed by atoms with Crippen molar-refractivity contribution >= 4 is 40.8 Å². The minimum absolute atomic E-state index is 0.0458. The molecule has 0 fully saturated rings. The molecular formula is C16H10Cl2F3NO3. The third kappa shape index (κ3) is 4.64. The number of carbonyl (C=O) groups is 2. The fourth-order valence-electron chi connectivity index (χ4n) is 1.78. The molecule has 0 saturated heterocycles. The van der Waals surface area contributed by atoms with Crippen molar-refractivity contribution in [1.82, 2.24) is 0 Å². The van der Waals surface area contributed by atoms with Gasteiger partial charge in [-0.2, -0.15) is 0 Å². The molecule has 9 heteroatoms. The second-order valence-electron chi connectivity index (χ2n) is 4.91. The lowest BCUT2D eigenvalue weighted by molar-refractivity contribution is -0.123. The van der Waals surface area contributed by atoms with Crippen LogP contribution in [-0.4, -0.2) is 18.0 Å². The lowest BCUT2D eigenvalue weighted by atomic mass is 10.2. The van der Waals surface area contributed by atoms with E-state index < -0.39 is 41.0 Å². The summed E-state index contributed by atoms with van der Waals surface area (Å²) in [5.41, 5.74) is -0.318. The number of benzene rings is 2. The Morgan fingerprint density at radius 1 is 1.04 bits per heavy atom. The molecule has 0 saturated carbocycles. The maximum absolute atomic E-state index is 13.2. The Labute approximate surface area is 150 Å². The summed E-state index contributed by atoms with van der Waals surface area (Å²) in [5.74, 6) is -4.97. The fourth-order valence-corrected chi connectivity index (χ4v) is 2.22. The molecule has 2 rings (SSSR count). The van der Waals surface area contributed by atoms with Gasteiger partial charge in [-0.1, -0.05) is 23.2 Å². The number of amides is 1. The number of nitrogens with one attached hydrogen (secondary N) is 1. The molecule has 25 heavy (non-hydrogen) atoms. The minimum atomic E-state index is -1.31. The predicted octanol–water partition coefficient (Wildman–Crippen LogP) is 4.59. The van der Waals surface area contributed by atoms with Crippen molar-refractivity contribution in [3.05, 3.63) is 63.4 Å². The first-order chi connectivity index (χ1) is 11.7. The van der Waals surface area contributed by atoms with E-state index in [1.165, 1.54) is 13.0 Å². The Kier molecular flexibility index (Phi) is 5.92. The van der Waals surface area contributed by atoms with Crippen LogP contribution in [0.3, 0.4) is 0 Å². The highest BCUT2D eigenvalue weighted by Gasteiger charge is 2.22. The molecule has 1 N–H and O–H groups in total. The average Bonchev–Trinajstić information content (AvgIpc) is 2.53. The monoisotopic (exact) mass is 391 g/mol. The zero-order valence-corrected chi connectivity index (χ0v) is 14.1. The molecule has 0 radical (unpaired) electrons. The van der Waals surface area contributed by atoms with Gasteiger partial charge in [0, 0.05) is 0 Å². The van der Waals surface area contributed by atoms with E-state index in [0.717, 1.165) is 12.1 Å². The Bertz CT molecular complexity index is 846. The van der Waals surface area contributed by atoms with Crippen LogP contribution >= 0.6 is 23.2 Å². The van der Waals surface area contributed by atoms with Crippen LogP contribution in [-0.2, 0) is 9.53 Å². The SMILES string of the molecule is CC(OC(=O)c1cc(F)c(F)cc1Cl)C(=O)Nc1ccc(F)cc1Cl. The van der Waals surface area contributed by atoms with Gasteiger partial charge in [-0.15, -0.1) is 0 Å². The van der Waals surface area contributed by atoms with Crippen molar-refractivity contribution in [3.8, 4) is 0 Å². The Morgan fingerprint density at radius 2 is 1.68 bits per heavy atom. The van der Waals surface area contributed by atoms with Gasteiger partial charge in [0.05, 0.1) is 21.3 Å². The van der Waals surface area contributed by atoms with E-state index in [9.17, 15) is 22.8 Å². The number of esters is 1. The number of halogens is 5. The third-order valence-corrected chi connectivity index (χ3v) is 3.70. The summed E-state index contributed by atoms with van der Waals surface area (Å²) >= 11 is 11.4. The second-order valence-corrected chi connectivity index (χ2v) is 5.72. The van der Waals surface area contributed by atoms with Crippen molar-refractivity contribution in [2.45, 2.75) is 13.0 Å². The summed E-state index contributed by atoms with van der Waals surface area (Å²) in [5, 5.41) is 1.94. The molecule has 0 bridgehead atoms. The van der Waals surface area contributed by atoms with Crippen LogP contribution in [0.4, 0.5) is 18.9 Å². The van der Waals surface area contributed by atoms with Gasteiger partial charge in [0.1, 0.15) is 5.82 Å². The summed E-state index contributed by atoms with van der Waals surface area (Å²) in [7, 11) is 0. The molecule has 1 atom stereocenters. The number of hydrogen-bond donors (Lipinski definition) is 1. The van der Waals surface area contributed by atoms with Crippen molar-refractivity contribution in [1.29, 1.82) is 0 Å². The standard InChI is InChI=1S/C16H10Cl2F3NO3/c1-7(15(23)22-14-3-2-8(19)4-11(14)18)25-16(24)9-5-12(20)13(21)6-10(9)17/h2-7H,1H3,(H,22,23). The van der Waals surface area contributed by atoms with Gasteiger partial charge in [0.2, 0.25) is 0 Å². The van der Waals surface area contributed by atoms with Crippen LogP contribution in [0.15, 0.2) is 30.3 Å². The largest absolute Gasteiger partial charge is 0.449 e. The smallest absolute Gasteiger partial charge is 0.340 e. The van der Waals surface area contributed by atoms with Crippen LogP contribution in [0.2, 0.25) is 10.0 Å². The molecule has 0 aliphatic rings. The van der Waals surface area contributed by atoms with Gasteiger partial charge in [-0.3, -0.25) is 4.79 Å². The maximum Gasteiger partial charge on any atom is 0.340 e. The molecule has 2 aromatic carbocycles. The van der Waals surface area contributed by atoms with Crippen LogP contribution in [0.25, 0.3) is 0 Å². The summed E-state index contributed by atoms with van der Waals surface area (Å²) in [6.07, 6.45) is -1.31. The molecule has 0 spiro atoms. The third-order valence-electron chi connectivity index (χ3n) is 3.07. The molecule has 0 heterocycles. The van der Waals surface area contributed by atoms with Crippen molar-refractivity contribution in [2.75, 3.05) is 5.32 Å². The molecule has 132 valence electrons. The Balaban J connectivity index is 2.08. The summed E-state index contributed by atoms with van der Waals surface area (Å²) < 4.78 is 44.1. The topological polar surface area (TPSA) is 55.4 Å². The minimum Gasteiger partial charge on any atom is -0.449 e. The summed E-state index contributed by atoms with van der Waals surface area (Å²) in [4.78, 5) is 24.0. The fraction of sp³-hybridized carbons (Fsp3) is 0.125. The van der Waals surface area contributed by atoms with Gasteiger partial charge >= 0.3 is 5.97 Å². The molecule has 1 unspecified atom stereocenters. The first-order valence-corrected chi connectivity index (χ1v) is 7.56. The van der Waals surface area contributed by atoms with Crippen LogP contribution < -0.4 is 5.32 Å². The molecule has 0 aliphatic heterocycles. The van der Waals surface area contributed by atoms with E-state index in [1.54, 1.807) is 0 Å². The van der Waals surface area contributed by atoms with Crippen molar-refractivity contribution in [3.63, 3.8) is 0 Å². The van der Waals surface area contributed by atoms with Crippen LogP contribution in [0.1, 0.15) is 17.3 Å². The van der Waals surface area contributed by atoms with E-state index >= 15 is 0 Å². The summed E-state index contributed by atoms with van der Waals surface area (Å²) in [6, 6.07) is 4.50. The number of hydrogen-bond acceptors (Lipinski definition) is 3. The number of carbonyl (C=O) groups excluding carboxylic acids is 2. The first kappa shape index (κ1) is 19.1. The van der Waals surface area contributed by atoms with Gasteiger partial charge in [-0.25, -0.2) is 18.0 Å².